The summed E-state index contributed by atoms with van der Waals surface area (Å²) in [6.45, 7) is 4.22. The van der Waals surface area contributed by atoms with Crippen LogP contribution < -0.4 is 10.6 Å². The molecule has 0 radical (unpaired) electrons. The number of carbonyl (C=O) groups excluding carboxylic acids is 1. The van der Waals surface area contributed by atoms with Crippen LogP contribution in [0.2, 0.25) is 5.02 Å². The van der Waals surface area contributed by atoms with E-state index in [4.69, 9.17) is 16.6 Å². The molecule has 4 aromatic rings. The number of nitrogens with zero attached hydrogens (tertiary/aromatic N) is 4. The Hall–Kier alpha value is -3.40. The van der Waals surface area contributed by atoms with Gasteiger partial charge in [0, 0.05) is 55.8 Å². The first-order valence-corrected chi connectivity index (χ1v) is 11.9. The minimum Gasteiger partial charge on any atom is -0.382 e. The normalized spacial score (nSPS) is 16.5. The number of anilines is 1. The second-order valence-corrected chi connectivity index (χ2v) is 8.87. The molecule has 1 aliphatic heterocycles. The van der Waals surface area contributed by atoms with Crippen molar-refractivity contribution >= 4 is 34.6 Å². The van der Waals surface area contributed by atoms with Gasteiger partial charge in [-0.3, -0.25) is 9.88 Å². The number of piperazine rings is 1. The molecule has 35 heavy (non-hydrogen) atoms. The Morgan fingerprint density at radius 2 is 2.11 bits per heavy atom. The second kappa shape index (κ2) is 10.5. The number of nitrogens with one attached hydrogen (secondary N) is 3. The van der Waals surface area contributed by atoms with Crippen LogP contribution in [-0.2, 0) is 4.79 Å². The van der Waals surface area contributed by atoms with Crippen molar-refractivity contribution in [3.05, 3.63) is 59.8 Å². The van der Waals surface area contributed by atoms with Gasteiger partial charge in [-0.15, -0.1) is 0 Å². The Morgan fingerprint density at radius 1 is 1.20 bits per heavy atom. The number of benzene rings is 1. The molecule has 10 heteroatoms. The van der Waals surface area contributed by atoms with Gasteiger partial charge in [-0.25, -0.2) is 14.4 Å². The molecule has 0 spiro atoms. The highest BCUT2D eigenvalue weighted by atomic mass is 35.5. The summed E-state index contributed by atoms with van der Waals surface area (Å²) in [6, 6.07) is 10.3. The Balaban J connectivity index is 1.35. The Bertz CT molecular complexity index is 1340. The number of pyridine rings is 2. The van der Waals surface area contributed by atoms with E-state index in [9.17, 15) is 9.18 Å². The van der Waals surface area contributed by atoms with E-state index in [2.05, 4.69) is 30.5 Å². The van der Waals surface area contributed by atoms with E-state index in [-0.39, 0.29) is 6.04 Å². The fourth-order valence-corrected chi connectivity index (χ4v) is 4.57. The molecular formula is C25H25ClFN7O. The van der Waals surface area contributed by atoms with Gasteiger partial charge in [0.2, 0.25) is 0 Å². The minimum atomic E-state index is -0.406. The smallest absolute Gasteiger partial charge is 0.132 e. The molecule has 1 unspecified atom stereocenters. The molecule has 0 aliphatic carbocycles. The summed E-state index contributed by atoms with van der Waals surface area (Å²) in [5.74, 6) is -0.406. The number of aldehydes is 1. The van der Waals surface area contributed by atoms with Crippen molar-refractivity contribution in [1.29, 1.82) is 0 Å². The minimum absolute atomic E-state index is 0.231. The third kappa shape index (κ3) is 5.17. The van der Waals surface area contributed by atoms with Gasteiger partial charge in [0.05, 0.1) is 40.6 Å². The van der Waals surface area contributed by atoms with Gasteiger partial charge in [-0.05, 0) is 36.4 Å². The molecule has 0 saturated carbocycles. The molecule has 1 aromatic carbocycles. The average Bonchev–Trinajstić information content (AvgIpc) is 3.36. The molecule has 1 atom stereocenters. The van der Waals surface area contributed by atoms with Gasteiger partial charge < -0.3 is 20.4 Å². The highest BCUT2D eigenvalue weighted by Crippen LogP contribution is 2.32. The summed E-state index contributed by atoms with van der Waals surface area (Å²) in [4.78, 5) is 30.0. The maximum absolute atomic E-state index is 14.5. The van der Waals surface area contributed by atoms with E-state index >= 15 is 0 Å². The van der Waals surface area contributed by atoms with Crippen LogP contribution in [0.15, 0.2) is 48.9 Å². The number of aromatic nitrogens is 4. The van der Waals surface area contributed by atoms with Crippen molar-refractivity contribution in [1.82, 2.24) is 30.2 Å². The van der Waals surface area contributed by atoms with Crippen LogP contribution in [0.1, 0.15) is 6.42 Å². The van der Waals surface area contributed by atoms with Crippen LogP contribution in [0.25, 0.3) is 33.7 Å². The lowest BCUT2D eigenvalue weighted by Gasteiger charge is -2.35. The molecule has 3 aromatic heterocycles. The third-order valence-corrected chi connectivity index (χ3v) is 6.42. The number of imidazole rings is 1. The second-order valence-electron chi connectivity index (χ2n) is 8.43. The maximum atomic E-state index is 14.5. The summed E-state index contributed by atoms with van der Waals surface area (Å²) in [6.07, 6.45) is 4.82. The number of H-pyrrole nitrogens is 1. The number of rotatable bonds is 8. The standard InChI is InChI=1S/C25H25ClFN7O/c26-16-1-2-20(27)19(11-16)24-25(32-15-31-24)22-4-3-21-23(33-22)12-17(13-30-21)29-7-9-34-8-6-28-14-18(34)5-10-35/h1-4,10-13,15,18,28-29H,5-9,14H2,(H,31,32). The summed E-state index contributed by atoms with van der Waals surface area (Å²) in [5, 5.41) is 7.19. The van der Waals surface area contributed by atoms with Crippen molar-refractivity contribution in [2.45, 2.75) is 12.5 Å². The Labute approximate surface area is 206 Å². The van der Waals surface area contributed by atoms with Crippen LogP contribution in [0.4, 0.5) is 10.1 Å². The topological polar surface area (TPSA) is 98.8 Å². The van der Waals surface area contributed by atoms with E-state index in [1.807, 2.05) is 18.2 Å². The predicted octanol–water partition coefficient (Wildman–Crippen LogP) is 3.75. The third-order valence-electron chi connectivity index (χ3n) is 6.18. The van der Waals surface area contributed by atoms with Gasteiger partial charge in [0.25, 0.3) is 0 Å². The first-order valence-electron chi connectivity index (χ1n) is 11.5. The zero-order chi connectivity index (χ0) is 24.2. The molecule has 8 nitrogen and oxygen atoms in total. The maximum Gasteiger partial charge on any atom is 0.132 e. The number of hydrogen-bond acceptors (Lipinski definition) is 7. The molecule has 1 aliphatic rings. The Kier molecular flexibility index (Phi) is 6.98. The van der Waals surface area contributed by atoms with Gasteiger partial charge in [-0.1, -0.05) is 11.6 Å². The van der Waals surface area contributed by atoms with Crippen molar-refractivity contribution in [3.8, 4) is 22.6 Å². The van der Waals surface area contributed by atoms with Crippen LogP contribution in [0.3, 0.4) is 0 Å². The molecule has 5 rings (SSSR count). The lowest BCUT2D eigenvalue weighted by molar-refractivity contribution is -0.109. The molecule has 3 N–H and O–H groups in total. The summed E-state index contributed by atoms with van der Waals surface area (Å²) in [7, 11) is 0. The summed E-state index contributed by atoms with van der Waals surface area (Å²) in [5.41, 5.74) is 4.30. The highest BCUT2D eigenvalue weighted by molar-refractivity contribution is 6.30. The molecule has 0 amide bonds. The molecule has 1 saturated heterocycles. The van der Waals surface area contributed by atoms with Crippen molar-refractivity contribution in [2.75, 3.05) is 38.0 Å². The van der Waals surface area contributed by atoms with Gasteiger partial charge in [0.15, 0.2) is 0 Å². The average molecular weight is 494 g/mol. The molecule has 0 bridgehead atoms. The van der Waals surface area contributed by atoms with Crippen LogP contribution in [0.5, 0.6) is 0 Å². The largest absolute Gasteiger partial charge is 0.382 e. The summed E-state index contributed by atoms with van der Waals surface area (Å²) >= 11 is 6.09. The number of carbonyl (C=O) groups is 1. The number of hydrogen-bond donors (Lipinski definition) is 3. The first kappa shape index (κ1) is 23.3. The van der Waals surface area contributed by atoms with Gasteiger partial charge in [-0.2, -0.15) is 0 Å². The van der Waals surface area contributed by atoms with Crippen molar-refractivity contribution < 1.29 is 9.18 Å². The highest BCUT2D eigenvalue weighted by Gasteiger charge is 2.21. The predicted molar refractivity (Wildman–Crippen MR) is 135 cm³/mol. The van der Waals surface area contributed by atoms with E-state index in [1.165, 1.54) is 18.5 Å². The summed E-state index contributed by atoms with van der Waals surface area (Å²) < 4.78 is 14.5. The van der Waals surface area contributed by atoms with E-state index in [0.29, 0.717) is 39.6 Å². The SMILES string of the molecule is O=CCC1CNCCN1CCNc1cnc2ccc(-c3[nH]cnc3-c3cc(Cl)ccc3F)nc2c1. The van der Waals surface area contributed by atoms with E-state index in [0.717, 1.165) is 50.2 Å². The molecule has 180 valence electrons. The van der Waals surface area contributed by atoms with Crippen LogP contribution in [0, 0.1) is 5.82 Å². The molecular weight excluding hydrogens is 469 g/mol. The molecule has 4 heterocycles. The first-order chi connectivity index (χ1) is 17.1. The van der Waals surface area contributed by atoms with Gasteiger partial charge >= 0.3 is 0 Å². The van der Waals surface area contributed by atoms with E-state index < -0.39 is 5.82 Å². The number of halogens is 2. The van der Waals surface area contributed by atoms with Crippen molar-refractivity contribution in [3.63, 3.8) is 0 Å². The van der Waals surface area contributed by atoms with Gasteiger partial charge in [0.1, 0.15) is 17.8 Å². The van der Waals surface area contributed by atoms with Crippen LogP contribution >= 0.6 is 11.6 Å². The molecule has 1 fully saturated rings. The van der Waals surface area contributed by atoms with Crippen molar-refractivity contribution in [2.24, 2.45) is 0 Å². The lowest BCUT2D eigenvalue weighted by atomic mass is 10.1. The van der Waals surface area contributed by atoms with Crippen LogP contribution in [-0.4, -0.2) is 69.9 Å². The van der Waals surface area contributed by atoms with E-state index in [1.54, 1.807) is 12.3 Å². The zero-order valence-electron chi connectivity index (χ0n) is 19.0. The Morgan fingerprint density at radius 3 is 3.00 bits per heavy atom. The lowest BCUT2D eigenvalue weighted by Crippen LogP contribution is -2.52. The number of fused-ring (bicyclic) bond motifs is 1. The quantitative estimate of drug-likeness (QED) is 0.321. The fraction of sp³-hybridized carbons (Fsp3) is 0.280. The fourth-order valence-electron chi connectivity index (χ4n) is 4.40. The zero-order valence-corrected chi connectivity index (χ0v) is 19.7. The number of aromatic amines is 1. The monoisotopic (exact) mass is 493 g/mol.